The number of likely N-dealkylation sites (tertiary alicyclic amines) is 1. The Kier molecular flexibility index (Phi) is 13.8. The van der Waals surface area contributed by atoms with Crippen molar-refractivity contribution in [1.29, 1.82) is 5.41 Å². The van der Waals surface area contributed by atoms with Gasteiger partial charge in [0.1, 0.15) is 22.6 Å². The summed E-state index contributed by atoms with van der Waals surface area (Å²) in [7, 11) is 0. The van der Waals surface area contributed by atoms with Gasteiger partial charge in [-0.25, -0.2) is 4.79 Å². The first kappa shape index (κ1) is 44.2. The van der Waals surface area contributed by atoms with Crippen LogP contribution in [0.2, 0.25) is 0 Å². The van der Waals surface area contributed by atoms with E-state index >= 15 is 0 Å². The van der Waals surface area contributed by atoms with Crippen LogP contribution in [0.15, 0.2) is 47.6 Å². The molecule has 0 bridgehead atoms. The quantitative estimate of drug-likeness (QED) is 0.0705. The molecule has 310 valence electrons. The molecule has 0 saturated carbocycles. The van der Waals surface area contributed by atoms with Crippen LogP contribution in [0.1, 0.15) is 135 Å². The van der Waals surface area contributed by atoms with Crippen LogP contribution >= 0.6 is 0 Å². The van der Waals surface area contributed by atoms with Gasteiger partial charge in [0.25, 0.3) is 0 Å². The number of guanidine groups is 1. The molecule has 0 unspecified atom stereocenters. The van der Waals surface area contributed by atoms with E-state index in [-0.39, 0.29) is 61.2 Å². The molecule has 0 aliphatic carbocycles. The summed E-state index contributed by atoms with van der Waals surface area (Å²) in [5, 5.41) is 14.5. The van der Waals surface area contributed by atoms with Crippen molar-refractivity contribution in [2.75, 3.05) is 18.4 Å². The van der Waals surface area contributed by atoms with Crippen LogP contribution in [0.3, 0.4) is 0 Å². The maximum atomic E-state index is 13.3. The molecule has 0 radical (unpaired) electrons. The summed E-state index contributed by atoms with van der Waals surface area (Å²) in [6.45, 7) is 16.7. The van der Waals surface area contributed by atoms with Gasteiger partial charge in [-0.1, -0.05) is 11.2 Å². The number of carbonyl (C=O) groups is 5. The number of hydrogen-bond donors (Lipinski definition) is 3. The van der Waals surface area contributed by atoms with E-state index in [4.69, 9.17) is 34.9 Å². The molecule has 4 rings (SSSR count). The second-order valence-corrected chi connectivity index (χ2v) is 17.5. The zero-order valence-electron chi connectivity index (χ0n) is 34.5. The standard InChI is InChI=1S/C42H57N5O10/c1-39(2,3)54-34(49)17-16-33(48)47-20-18-26(19-21-47)30-15-14-29(53-37(52)27-10-12-28(13-11-27)45-38(43)44)22-31(30)32-23-42(57-46-32,24-35(50)55-40(4,5)6)25-36(51)56-41(7,8)9/h10-15,22,26H,16-21,23-25H2,1-9H3,(H4,43,44,45). The lowest BCUT2D eigenvalue weighted by molar-refractivity contribution is -0.169. The van der Waals surface area contributed by atoms with E-state index in [1.165, 1.54) is 0 Å². The number of nitrogens with zero attached hydrogens (tertiary/aromatic N) is 2. The predicted octanol–water partition coefficient (Wildman–Crippen LogP) is 6.37. The molecule has 2 aromatic carbocycles. The van der Waals surface area contributed by atoms with E-state index in [1.54, 1.807) is 104 Å². The number of piperidine rings is 1. The van der Waals surface area contributed by atoms with Crippen LogP contribution in [0, 0.1) is 5.41 Å². The zero-order valence-corrected chi connectivity index (χ0v) is 34.5. The molecule has 0 spiro atoms. The van der Waals surface area contributed by atoms with Crippen LogP contribution < -0.4 is 15.8 Å². The van der Waals surface area contributed by atoms with Crippen LogP contribution in [0.5, 0.6) is 5.75 Å². The van der Waals surface area contributed by atoms with Gasteiger partial charge in [0, 0.05) is 37.2 Å². The zero-order chi connectivity index (χ0) is 42.3. The van der Waals surface area contributed by atoms with Gasteiger partial charge in [-0.3, -0.25) is 24.6 Å². The maximum Gasteiger partial charge on any atom is 0.343 e. The first-order valence-electron chi connectivity index (χ1n) is 19.2. The summed E-state index contributed by atoms with van der Waals surface area (Å²) >= 11 is 0. The Morgan fingerprint density at radius 1 is 0.825 bits per heavy atom. The third kappa shape index (κ3) is 13.9. The Labute approximate surface area is 334 Å². The van der Waals surface area contributed by atoms with Gasteiger partial charge in [0.15, 0.2) is 11.6 Å². The number of oxime groups is 1. The number of benzene rings is 2. The molecule has 15 heteroatoms. The van der Waals surface area contributed by atoms with Crippen LogP contribution in [-0.4, -0.2) is 81.8 Å². The molecular weight excluding hydrogens is 734 g/mol. The number of nitrogens with one attached hydrogen (secondary N) is 2. The van der Waals surface area contributed by atoms with E-state index in [1.807, 2.05) is 6.07 Å². The van der Waals surface area contributed by atoms with Gasteiger partial charge >= 0.3 is 23.9 Å². The number of anilines is 1. The van der Waals surface area contributed by atoms with Crippen LogP contribution in [-0.2, 0) is 38.2 Å². The average Bonchev–Trinajstić information content (AvgIpc) is 3.47. The highest BCUT2D eigenvalue weighted by Crippen LogP contribution is 2.40. The molecule has 4 N–H and O–H groups in total. The molecule has 1 fully saturated rings. The number of carbonyl (C=O) groups excluding carboxylic acids is 5. The molecular formula is C42H57N5O10. The second kappa shape index (κ2) is 17.8. The second-order valence-electron chi connectivity index (χ2n) is 17.5. The highest BCUT2D eigenvalue weighted by molar-refractivity contribution is 6.04. The van der Waals surface area contributed by atoms with E-state index in [2.05, 4.69) is 10.5 Å². The molecule has 2 heterocycles. The number of hydrogen-bond acceptors (Lipinski definition) is 12. The molecule has 0 aromatic heterocycles. The third-order valence-corrected chi connectivity index (χ3v) is 8.81. The third-order valence-electron chi connectivity index (χ3n) is 8.81. The minimum atomic E-state index is -1.41. The largest absolute Gasteiger partial charge is 0.460 e. The van der Waals surface area contributed by atoms with Crippen molar-refractivity contribution in [1.82, 2.24) is 4.90 Å². The fraction of sp³-hybridized carbons (Fsp3) is 0.548. The number of esters is 4. The Morgan fingerprint density at radius 3 is 1.89 bits per heavy atom. The van der Waals surface area contributed by atoms with Gasteiger partial charge in [-0.15, -0.1) is 0 Å². The van der Waals surface area contributed by atoms with Crippen molar-refractivity contribution in [2.24, 2.45) is 10.9 Å². The molecule has 1 saturated heterocycles. The van der Waals surface area contributed by atoms with E-state index in [0.29, 0.717) is 42.9 Å². The van der Waals surface area contributed by atoms with E-state index < -0.39 is 46.3 Å². The van der Waals surface area contributed by atoms with Crippen molar-refractivity contribution in [3.05, 3.63) is 59.2 Å². The Hall–Kier alpha value is -5.47. The first-order chi connectivity index (χ1) is 26.4. The average molecular weight is 792 g/mol. The summed E-state index contributed by atoms with van der Waals surface area (Å²) in [6.07, 6.45) is 0.723. The van der Waals surface area contributed by atoms with Crippen molar-refractivity contribution in [3.63, 3.8) is 0 Å². The topological polar surface area (TPSA) is 209 Å². The number of rotatable bonds is 12. The highest BCUT2D eigenvalue weighted by atomic mass is 16.7. The first-order valence-corrected chi connectivity index (χ1v) is 19.2. The molecule has 1 amide bonds. The summed E-state index contributed by atoms with van der Waals surface area (Å²) in [5.41, 5.74) is 4.49. The Bertz CT molecular complexity index is 1830. The lowest BCUT2D eigenvalue weighted by atomic mass is 9.82. The smallest absolute Gasteiger partial charge is 0.343 e. The summed E-state index contributed by atoms with van der Waals surface area (Å²) in [5.74, 6) is -2.39. The molecule has 2 aliphatic rings. The fourth-order valence-electron chi connectivity index (χ4n) is 6.61. The van der Waals surface area contributed by atoms with Crippen molar-refractivity contribution < 1.29 is 47.8 Å². The molecule has 0 atom stereocenters. The fourth-order valence-corrected chi connectivity index (χ4v) is 6.61. The summed E-state index contributed by atoms with van der Waals surface area (Å²) < 4.78 is 22.4. The van der Waals surface area contributed by atoms with Gasteiger partial charge in [0.05, 0.1) is 30.5 Å². The van der Waals surface area contributed by atoms with Gasteiger partial charge in [-0.05, 0) is 123 Å². The lowest BCUT2D eigenvalue weighted by Gasteiger charge is -2.33. The SMILES string of the molecule is CC(C)(C)OC(=O)CCC(=O)N1CCC(c2ccc(OC(=O)c3ccc(NC(=N)N)cc3)cc2C2=NOC(CC(=O)OC(C)(C)C)(CC(=O)OC(C)(C)C)C2)CC1. The number of nitrogens with two attached hydrogens (primary N) is 1. The number of ether oxygens (including phenoxy) is 4. The predicted molar refractivity (Wildman–Crippen MR) is 213 cm³/mol. The van der Waals surface area contributed by atoms with Crippen molar-refractivity contribution in [2.45, 2.75) is 136 Å². The minimum Gasteiger partial charge on any atom is -0.460 e. The molecule has 57 heavy (non-hydrogen) atoms. The van der Waals surface area contributed by atoms with Gasteiger partial charge < -0.3 is 39.7 Å². The highest BCUT2D eigenvalue weighted by Gasteiger charge is 2.46. The van der Waals surface area contributed by atoms with Crippen LogP contribution in [0.4, 0.5) is 5.69 Å². The lowest BCUT2D eigenvalue weighted by Crippen LogP contribution is -2.39. The van der Waals surface area contributed by atoms with E-state index in [9.17, 15) is 24.0 Å². The minimum absolute atomic E-state index is 0.00598. The Balaban J connectivity index is 1.61. The maximum absolute atomic E-state index is 13.3. The molecule has 2 aromatic rings. The van der Waals surface area contributed by atoms with Gasteiger partial charge in [0.2, 0.25) is 5.91 Å². The summed E-state index contributed by atoms with van der Waals surface area (Å²) in [4.78, 5) is 72.8. The van der Waals surface area contributed by atoms with E-state index in [0.717, 1.165) is 5.56 Å². The summed E-state index contributed by atoms with van der Waals surface area (Å²) in [6, 6.07) is 11.5. The molecule has 15 nitrogen and oxygen atoms in total. The Morgan fingerprint density at radius 2 is 1.37 bits per heavy atom. The molecule has 2 aliphatic heterocycles. The monoisotopic (exact) mass is 791 g/mol. The number of amides is 1. The van der Waals surface area contributed by atoms with Crippen molar-refractivity contribution >= 4 is 47.1 Å². The normalized spacial score (nSPS) is 15.8. The van der Waals surface area contributed by atoms with Gasteiger partial charge in [-0.2, -0.15) is 0 Å². The van der Waals surface area contributed by atoms with Crippen LogP contribution in [0.25, 0.3) is 0 Å². The van der Waals surface area contributed by atoms with Crippen molar-refractivity contribution in [3.8, 4) is 5.75 Å².